The van der Waals surface area contributed by atoms with Gasteiger partial charge in [0.1, 0.15) is 4.88 Å². The number of nitrogens with zero attached hydrogens (tertiary/aromatic N) is 2. The Bertz CT molecular complexity index is 623. The van der Waals surface area contributed by atoms with Crippen molar-refractivity contribution in [1.82, 2.24) is 9.88 Å². The number of carbonyl (C=O) groups is 1. The maximum Gasteiger partial charge on any atom is 0.266 e. The number of nitrogen functional groups attached to an aromatic ring is 1. The van der Waals surface area contributed by atoms with E-state index in [0.717, 1.165) is 35.9 Å². The normalized spacial score (nSPS) is 12.5. The molecule has 0 aliphatic carbocycles. The predicted octanol–water partition coefficient (Wildman–Crippen LogP) is 3.92. The summed E-state index contributed by atoms with van der Waals surface area (Å²) in [5.74, 6) is 0.0523. The zero-order valence-corrected chi connectivity index (χ0v) is 13.7. The average Bonchev–Trinajstić information content (AvgIpc) is 2.84. The van der Waals surface area contributed by atoms with Gasteiger partial charge >= 0.3 is 0 Å². The summed E-state index contributed by atoms with van der Waals surface area (Å²) in [5, 5.41) is 0.929. The summed E-state index contributed by atoms with van der Waals surface area (Å²) < 4.78 is 0.970. The summed E-state index contributed by atoms with van der Waals surface area (Å²) in [7, 11) is 0. The molecular formula is C16H23N3OS. The Hall–Kier alpha value is -1.62. The number of rotatable bonds is 6. The van der Waals surface area contributed by atoms with Gasteiger partial charge in [0.15, 0.2) is 0 Å². The zero-order chi connectivity index (χ0) is 15.4. The van der Waals surface area contributed by atoms with Crippen LogP contribution < -0.4 is 5.73 Å². The number of amides is 1. The topological polar surface area (TPSA) is 59.2 Å². The van der Waals surface area contributed by atoms with E-state index in [4.69, 9.17) is 5.73 Å². The average molecular weight is 305 g/mol. The van der Waals surface area contributed by atoms with Gasteiger partial charge in [-0.25, -0.2) is 0 Å². The zero-order valence-electron chi connectivity index (χ0n) is 12.9. The van der Waals surface area contributed by atoms with E-state index in [1.807, 2.05) is 11.0 Å². The Morgan fingerprint density at radius 3 is 2.86 bits per heavy atom. The Kier molecular flexibility index (Phi) is 5.17. The van der Waals surface area contributed by atoms with Crippen molar-refractivity contribution in [3.05, 3.63) is 23.3 Å². The van der Waals surface area contributed by atoms with Gasteiger partial charge in [0.05, 0.1) is 10.4 Å². The molecule has 0 saturated carbocycles. The minimum Gasteiger partial charge on any atom is -0.397 e. The van der Waals surface area contributed by atoms with Gasteiger partial charge in [0, 0.05) is 30.4 Å². The second-order valence-corrected chi connectivity index (χ2v) is 6.38. The van der Waals surface area contributed by atoms with Crippen LogP contribution in [0.15, 0.2) is 18.5 Å². The summed E-state index contributed by atoms with van der Waals surface area (Å²) >= 11 is 1.44. The number of aromatic nitrogens is 1. The number of hydrogen-bond acceptors (Lipinski definition) is 4. The molecule has 2 aromatic rings. The third kappa shape index (κ3) is 3.18. The van der Waals surface area contributed by atoms with E-state index in [9.17, 15) is 4.79 Å². The summed E-state index contributed by atoms with van der Waals surface area (Å²) in [5.41, 5.74) is 6.77. The number of anilines is 1. The van der Waals surface area contributed by atoms with Crippen LogP contribution in [-0.4, -0.2) is 28.4 Å². The molecule has 2 aromatic heterocycles. The van der Waals surface area contributed by atoms with Crippen molar-refractivity contribution in [1.29, 1.82) is 0 Å². The molecule has 0 radical (unpaired) electrons. The van der Waals surface area contributed by atoms with Crippen molar-refractivity contribution < 1.29 is 4.79 Å². The highest BCUT2D eigenvalue weighted by Crippen LogP contribution is 2.34. The van der Waals surface area contributed by atoms with Gasteiger partial charge in [-0.1, -0.05) is 20.3 Å². The minimum atomic E-state index is 0.0523. The highest BCUT2D eigenvalue weighted by molar-refractivity contribution is 7.21. The van der Waals surface area contributed by atoms with Crippen LogP contribution in [0, 0.1) is 0 Å². The van der Waals surface area contributed by atoms with E-state index in [-0.39, 0.29) is 11.9 Å². The number of carbonyl (C=O) groups excluding carboxylic acids is 1. The smallest absolute Gasteiger partial charge is 0.266 e. The Morgan fingerprint density at radius 2 is 2.24 bits per heavy atom. The second kappa shape index (κ2) is 6.89. The highest BCUT2D eigenvalue weighted by atomic mass is 32.1. The highest BCUT2D eigenvalue weighted by Gasteiger charge is 2.24. The molecule has 0 saturated heterocycles. The van der Waals surface area contributed by atoms with Crippen LogP contribution in [0.25, 0.3) is 10.1 Å². The summed E-state index contributed by atoms with van der Waals surface area (Å²) in [6.07, 6.45) is 6.52. The molecule has 2 rings (SSSR count). The molecule has 0 fully saturated rings. The molecule has 1 unspecified atom stereocenters. The molecule has 21 heavy (non-hydrogen) atoms. The first-order chi connectivity index (χ1) is 10.1. The molecular weight excluding hydrogens is 282 g/mol. The molecule has 5 heteroatoms. The number of nitrogens with two attached hydrogens (primary N) is 1. The third-order valence-corrected chi connectivity index (χ3v) is 5.01. The Morgan fingerprint density at radius 1 is 1.48 bits per heavy atom. The lowest BCUT2D eigenvalue weighted by atomic mass is 10.1. The Labute approximate surface area is 130 Å². The quantitative estimate of drug-likeness (QED) is 0.880. The first-order valence-electron chi connectivity index (χ1n) is 7.53. The van der Waals surface area contributed by atoms with E-state index in [1.165, 1.54) is 11.3 Å². The molecule has 0 aliphatic rings. The summed E-state index contributed by atoms with van der Waals surface area (Å²) in [4.78, 5) is 19.6. The second-order valence-electron chi connectivity index (χ2n) is 5.33. The number of pyridine rings is 1. The third-order valence-electron chi connectivity index (χ3n) is 3.86. The van der Waals surface area contributed by atoms with Crippen LogP contribution in [0.3, 0.4) is 0 Å². The lowest BCUT2D eigenvalue weighted by molar-refractivity contribution is 0.0691. The van der Waals surface area contributed by atoms with Crippen LogP contribution in [0.5, 0.6) is 0 Å². The molecule has 114 valence electrons. The van der Waals surface area contributed by atoms with Gasteiger partial charge in [0.25, 0.3) is 5.91 Å². The maximum atomic E-state index is 12.9. The molecule has 0 spiro atoms. The van der Waals surface area contributed by atoms with Gasteiger partial charge in [-0.3, -0.25) is 9.78 Å². The van der Waals surface area contributed by atoms with E-state index >= 15 is 0 Å². The number of thiophene rings is 1. The van der Waals surface area contributed by atoms with Crippen LogP contribution in [0.2, 0.25) is 0 Å². The number of fused-ring (bicyclic) bond motifs is 1. The molecule has 1 atom stereocenters. The summed E-state index contributed by atoms with van der Waals surface area (Å²) in [6, 6.07) is 2.10. The molecule has 4 nitrogen and oxygen atoms in total. The van der Waals surface area contributed by atoms with E-state index in [1.54, 1.807) is 12.4 Å². The van der Waals surface area contributed by atoms with Crippen LogP contribution in [-0.2, 0) is 0 Å². The number of unbranched alkanes of at least 4 members (excludes halogenated alkanes) is 1. The predicted molar refractivity (Wildman–Crippen MR) is 89.7 cm³/mol. The van der Waals surface area contributed by atoms with E-state index in [0.29, 0.717) is 10.6 Å². The fourth-order valence-corrected chi connectivity index (χ4v) is 3.38. The molecule has 0 bridgehead atoms. The van der Waals surface area contributed by atoms with Gasteiger partial charge < -0.3 is 10.6 Å². The van der Waals surface area contributed by atoms with Crippen LogP contribution >= 0.6 is 11.3 Å². The molecule has 1 amide bonds. The first kappa shape index (κ1) is 15.8. The van der Waals surface area contributed by atoms with Crippen molar-refractivity contribution in [2.45, 2.75) is 46.1 Å². The fourth-order valence-electron chi connectivity index (χ4n) is 2.33. The van der Waals surface area contributed by atoms with Crippen molar-refractivity contribution in [3.8, 4) is 0 Å². The fraction of sp³-hybridized carbons (Fsp3) is 0.500. The van der Waals surface area contributed by atoms with Gasteiger partial charge in [0.2, 0.25) is 0 Å². The minimum absolute atomic E-state index is 0.0523. The lowest BCUT2D eigenvalue weighted by Crippen LogP contribution is -2.38. The maximum absolute atomic E-state index is 12.9. The van der Waals surface area contributed by atoms with Gasteiger partial charge in [-0.15, -0.1) is 11.3 Å². The SMILES string of the molecule is CCCCN(C(=O)c1sc2cnccc2c1N)C(C)CC. The van der Waals surface area contributed by atoms with Crippen molar-refractivity contribution in [2.24, 2.45) is 0 Å². The Balaban J connectivity index is 2.35. The standard InChI is InChI=1S/C16H23N3OS/c1-4-6-9-19(11(3)5-2)16(20)15-14(17)12-7-8-18-10-13(12)21-15/h7-8,10-11H,4-6,9,17H2,1-3H3. The van der Waals surface area contributed by atoms with Crippen molar-refractivity contribution in [3.63, 3.8) is 0 Å². The molecule has 0 aliphatic heterocycles. The molecule has 0 aromatic carbocycles. The molecule has 2 heterocycles. The van der Waals surface area contributed by atoms with Crippen molar-refractivity contribution >= 4 is 33.0 Å². The lowest BCUT2D eigenvalue weighted by Gasteiger charge is -2.28. The van der Waals surface area contributed by atoms with Gasteiger partial charge in [-0.05, 0) is 25.8 Å². The van der Waals surface area contributed by atoms with Crippen LogP contribution in [0.4, 0.5) is 5.69 Å². The van der Waals surface area contributed by atoms with E-state index in [2.05, 4.69) is 25.8 Å². The monoisotopic (exact) mass is 305 g/mol. The van der Waals surface area contributed by atoms with Crippen LogP contribution in [0.1, 0.15) is 49.7 Å². The summed E-state index contributed by atoms with van der Waals surface area (Å²) in [6.45, 7) is 7.13. The largest absolute Gasteiger partial charge is 0.397 e. The number of hydrogen-bond donors (Lipinski definition) is 1. The van der Waals surface area contributed by atoms with Crippen molar-refractivity contribution in [2.75, 3.05) is 12.3 Å². The first-order valence-corrected chi connectivity index (χ1v) is 8.34. The van der Waals surface area contributed by atoms with E-state index < -0.39 is 0 Å². The molecule has 2 N–H and O–H groups in total. The van der Waals surface area contributed by atoms with Gasteiger partial charge in [-0.2, -0.15) is 0 Å².